The van der Waals surface area contributed by atoms with Crippen molar-refractivity contribution in [2.24, 2.45) is 0 Å². The molecule has 0 bridgehead atoms. The molecule has 5 heteroatoms. The lowest BCUT2D eigenvalue weighted by Gasteiger charge is -2.39. The first-order valence-corrected chi connectivity index (χ1v) is 9.94. The van der Waals surface area contributed by atoms with Gasteiger partial charge in [-0.2, -0.15) is 0 Å². The van der Waals surface area contributed by atoms with Crippen molar-refractivity contribution < 1.29 is 9.84 Å². The van der Waals surface area contributed by atoms with Gasteiger partial charge in [0.25, 0.3) is 0 Å². The summed E-state index contributed by atoms with van der Waals surface area (Å²) in [5, 5.41) is 10.6. The normalized spacial score (nSPS) is 23.9. The number of likely N-dealkylation sites (N-methyl/N-ethyl adjacent to an activating group) is 1. The van der Waals surface area contributed by atoms with E-state index in [2.05, 4.69) is 35.6 Å². The fourth-order valence-electron chi connectivity index (χ4n) is 3.65. The Kier molecular flexibility index (Phi) is 8.44. The summed E-state index contributed by atoms with van der Waals surface area (Å²) >= 11 is 0. The van der Waals surface area contributed by atoms with E-state index in [9.17, 15) is 5.11 Å². The fraction of sp³-hybridized carbons (Fsp3) is 1.00. The Balaban J connectivity index is 1.45. The van der Waals surface area contributed by atoms with Gasteiger partial charge in [0.15, 0.2) is 0 Å². The lowest BCUT2D eigenvalue weighted by molar-refractivity contribution is -0.0852. The van der Waals surface area contributed by atoms with E-state index in [1.807, 2.05) is 0 Å². The molecule has 0 aromatic heterocycles. The van der Waals surface area contributed by atoms with E-state index in [0.717, 1.165) is 39.0 Å². The summed E-state index contributed by atoms with van der Waals surface area (Å²) in [5.41, 5.74) is -0.592. The highest BCUT2D eigenvalue weighted by molar-refractivity contribution is 4.86. The van der Waals surface area contributed by atoms with Gasteiger partial charge in [-0.1, -0.05) is 0 Å². The van der Waals surface area contributed by atoms with Crippen molar-refractivity contribution in [1.82, 2.24) is 14.7 Å². The first kappa shape index (κ1) is 20.1. The van der Waals surface area contributed by atoms with Crippen molar-refractivity contribution >= 4 is 0 Å². The van der Waals surface area contributed by atoms with Crippen molar-refractivity contribution in [2.75, 3.05) is 66.1 Å². The molecule has 0 radical (unpaired) electrons. The van der Waals surface area contributed by atoms with Crippen LogP contribution in [0.25, 0.3) is 0 Å². The third-order valence-corrected chi connectivity index (χ3v) is 5.69. The number of piperazine rings is 1. The molecule has 0 aliphatic carbocycles. The second kappa shape index (κ2) is 10.1. The van der Waals surface area contributed by atoms with Crippen LogP contribution in [0.1, 0.15) is 46.0 Å². The van der Waals surface area contributed by atoms with Crippen molar-refractivity contribution in [3.8, 4) is 0 Å². The summed E-state index contributed by atoms with van der Waals surface area (Å²) in [6.45, 7) is 13.8. The maximum atomic E-state index is 10.6. The van der Waals surface area contributed by atoms with Crippen LogP contribution in [0.2, 0.25) is 0 Å². The van der Waals surface area contributed by atoms with Gasteiger partial charge in [0, 0.05) is 51.9 Å². The Bertz CT molecular complexity index is 336. The van der Waals surface area contributed by atoms with Gasteiger partial charge in [-0.25, -0.2) is 0 Å². The van der Waals surface area contributed by atoms with Crippen molar-refractivity contribution in [3.05, 3.63) is 0 Å². The molecule has 0 amide bonds. The smallest absolute Gasteiger partial charge is 0.0904 e. The van der Waals surface area contributed by atoms with E-state index >= 15 is 0 Å². The van der Waals surface area contributed by atoms with Crippen LogP contribution in [-0.4, -0.2) is 97.5 Å². The third kappa shape index (κ3) is 6.96. The molecule has 2 heterocycles. The number of piperidine rings is 1. The lowest BCUT2D eigenvalue weighted by atomic mass is 9.92. The zero-order valence-corrected chi connectivity index (χ0v) is 16.2. The topological polar surface area (TPSA) is 39.2 Å². The largest absolute Gasteiger partial charge is 0.387 e. The summed E-state index contributed by atoms with van der Waals surface area (Å²) in [4.78, 5) is 7.42. The molecule has 2 rings (SSSR count). The van der Waals surface area contributed by atoms with Gasteiger partial charge in [0.05, 0.1) is 12.2 Å². The minimum Gasteiger partial charge on any atom is -0.387 e. The first-order chi connectivity index (χ1) is 11.5. The van der Waals surface area contributed by atoms with Gasteiger partial charge in [-0.05, 0) is 59.5 Å². The Morgan fingerprint density at radius 1 is 0.958 bits per heavy atom. The van der Waals surface area contributed by atoms with Gasteiger partial charge < -0.3 is 24.5 Å². The Morgan fingerprint density at radius 3 is 2.25 bits per heavy atom. The number of unbranched alkanes of at least 4 members (excludes halogenated alkanes) is 2. The van der Waals surface area contributed by atoms with E-state index < -0.39 is 5.60 Å². The highest BCUT2D eigenvalue weighted by atomic mass is 16.5. The second-order valence-electron chi connectivity index (χ2n) is 8.11. The van der Waals surface area contributed by atoms with Crippen LogP contribution in [0.4, 0.5) is 0 Å². The molecule has 142 valence electrons. The number of hydrogen-bond donors (Lipinski definition) is 1. The average molecular weight is 342 g/mol. The SMILES string of the molecule is CC(C)N1CCC(O)(COCCCCCN2CCN(C)CC2)CC1. The monoisotopic (exact) mass is 341 g/mol. The number of hydrogen-bond acceptors (Lipinski definition) is 5. The van der Waals surface area contributed by atoms with E-state index in [4.69, 9.17) is 4.74 Å². The standard InChI is InChI=1S/C19H39N3O2/c1-18(2)22-10-7-19(23,8-11-22)17-24-16-6-4-5-9-21-14-12-20(3)13-15-21/h18,23H,4-17H2,1-3H3. The fourth-order valence-corrected chi connectivity index (χ4v) is 3.65. The maximum Gasteiger partial charge on any atom is 0.0904 e. The molecular weight excluding hydrogens is 302 g/mol. The van der Waals surface area contributed by atoms with Crippen molar-refractivity contribution in [1.29, 1.82) is 0 Å². The molecule has 0 unspecified atom stereocenters. The van der Waals surface area contributed by atoms with Gasteiger partial charge in [-0.3, -0.25) is 0 Å². The number of rotatable bonds is 9. The zero-order valence-electron chi connectivity index (χ0n) is 16.2. The number of aliphatic hydroxyl groups is 1. The van der Waals surface area contributed by atoms with E-state index in [1.54, 1.807) is 0 Å². The van der Waals surface area contributed by atoms with Crippen molar-refractivity contribution in [2.45, 2.75) is 57.6 Å². The Morgan fingerprint density at radius 2 is 1.62 bits per heavy atom. The molecule has 24 heavy (non-hydrogen) atoms. The molecule has 2 aliphatic heterocycles. The highest BCUT2D eigenvalue weighted by Gasteiger charge is 2.33. The van der Waals surface area contributed by atoms with Crippen LogP contribution in [0, 0.1) is 0 Å². The van der Waals surface area contributed by atoms with Crippen molar-refractivity contribution in [3.63, 3.8) is 0 Å². The third-order valence-electron chi connectivity index (χ3n) is 5.69. The van der Waals surface area contributed by atoms with Crippen LogP contribution in [0.3, 0.4) is 0 Å². The first-order valence-electron chi connectivity index (χ1n) is 9.94. The van der Waals surface area contributed by atoms with Crippen LogP contribution in [0.5, 0.6) is 0 Å². The van der Waals surface area contributed by atoms with Gasteiger partial charge in [0.1, 0.15) is 0 Å². The van der Waals surface area contributed by atoms with Crippen LogP contribution in [0.15, 0.2) is 0 Å². The molecule has 2 fully saturated rings. The molecule has 5 nitrogen and oxygen atoms in total. The quantitative estimate of drug-likeness (QED) is 0.646. The Hall–Kier alpha value is -0.200. The highest BCUT2D eigenvalue weighted by Crippen LogP contribution is 2.23. The summed E-state index contributed by atoms with van der Waals surface area (Å²) in [7, 11) is 2.20. The van der Waals surface area contributed by atoms with Crippen LogP contribution < -0.4 is 0 Å². The molecule has 2 saturated heterocycles. The molecule has 0 saturated carbocycles. The molecule has 1 N–H and O–H groups in total. The maximum absolute atomic E-state index is 10.6. The molecule has 2 aliphatic rings. The minimum atomic E-state index is -0.592. The van der Waals surface area contributed by atoms with E-state index in [1.165, 1.54) is 45.6 Å². The summed E-state index contributed by atoms with van der Waals surface area (Å²) in [5.74, 6) is 0. The average Bonchev–Trinajstić information content (AvgIpc) is 2.56. The molecule has 0 spiro atoms. The Labute approximate surface area is 148 Å². The van der Waals surface area contributed by atoms with Gasteiger partial charge in [-0.15, -0.1) is 0 Å². The lowest BCUT2D eigenvalue weighted by Crippen LogP contribution is -2.49. The zero-order chi connectivity index (χ0) is 17.4. The number of likely N-dealkylation sites (tertiary alicyclic amines) is 1. The molecule has 0 aromatic carbocycles. The van der Waals surface area contributed by atoms with E-state index in [0.29, 0.717) is 12.6 Å². The van der Waals surface area contributed by atoms with Crippen LogP contribution >= 0.6 is 0 Å². The minimum absolute atomic E-state index is 0.511. The predicted octanol–water partition coefficient (Wildman–Crippen LogP) is 1.66. The number of ether oxygens (including phenoxy) is 1. The summed E-state index contributed by atoms with van der Waals surface area (Å²) in [6, 6.07) is 0.579. The van der Waals surface area contributed by atoms with Crippen LogP contribution in [-0.2, 0) is 4.74 Å². The molecule has 0 aromatic rings. The number of nitrogens with zero attached hydrogens (tertiary/aromatic N) is 3. The van der Waals surface area contributed by atoms with Gasteiger partial charge >= 0.3 is 0 Å². The second-order valence-corrected chi connectivity index (χ2v) is 8.11. The van der Waals surface area contributed by atoms with E-state index in [-0.39, 0.29) is 0 Å². The summed E-state index contributed by atoms with van der Waals surface area (Å²) < 4.78 is 5.79. The summed E-state index contributed by atoms with van der Waals surface area (Å²) in [6.07, 6.45) is 5.29. The predicted molar refractivity (Wildman–Crippen MR) is 99.5 cm³/mol. The van der Waals surface area contributed by atoms with Gasteiger partial charge in [0.2, 0.25) is 0 Å². The molecule has 0 atom stereocenters. The molecular formula is C19H39N3O2.